The number of carbonyl (C=O) groups excluding carboxylic acids is 2. The maximum Gasteiger partial charge on any atom is 0.316 e. The molecular formula is C20H21NO4S. The molecule has 0 fully saturated rings. The van der Waals surface area contributed by atoms with Crippen LogP contribution in [0.25, 0.3) is 0 Å². The van der Waals surface area contributed by atoms with Crippen LogP contribution in [0.2, 0.25) is 0 Å². The van der Waals surface area contributed by atoms with Crippen LogP contribution in [0.1, 0.15) is 11.1 Å². The third-order valence-corrected chi connectivity index (χ3v) is 5.24. The van der Waals surface area contributed by atoms with Crippen molar-refractivity contribution in [3.8, 4) is 5.75 Å². The van der Waals surface area contributed by atoms with Crippen molar-refractivity contribution < 1.29 is 19.1 Å². The highest BCUT2D eigenvalue weighted by molar-refractivity contribution is 8.00. The molecule has 2 aromatic carbocycles. The first-order valence-corrected chi connectivity index (χ1v) is 9.41. The molecule has 0 unspecified atom stereocenters. The van der Waals surface area contributed by atoms with Crippen molar-refractivity contribution in [3.63, 3.8) is 0 Å². The van der Waals surface area contributed by atoms with E-state index in [4.69, 9.17) is 9.47 Å². The molecule has 3 rings (SSSR count). The summed E-state index contributed by atoms with van der Waals surface area (Å²) in [5.41, 5.74) is 2.44. The highest BCUT2D eigenvalue weighted by atomic mass is 32.2. The maximum atomic E-state index is 12.3. The molecule has 5 nitrogen and oxygen atoms in total. The lowest BCUT2D eigenvalue weighted by Crippen LogP contribution is -2.38. The van der Waals surface area contributed by atoms with Crippen LogP contribution in [0.4, 0.5) is 0 Å². The van der Waals surface area contributed by atoms with Gasteiger partial charge in [-0.2, -0.15) is 0 Å². The first-order valence-electron chi connectivity index (χ1n) is 8.43. The molecule has 0 atom stereocenters. The molecule has 136 valence electrons. The van der Waals surface area contributed by atoms with Crippen molar-refractivity contribution in [1.29, 1.82) is 0 Å². The Morgan fingerprint density at radius 3 is 2.54 bits per heavy atom. The molecule has 1 heterocycles. The van der Waals surface area contributed by atoms with Crippen LogP contribution in [0, 0.1) is 0 Å². The van der Waals surface area contributed by atoms with Gasteiger partial charge < -0.3 is 14.4 Å². The fourth-order valence-corrected chi connectivity index (χ4v) is 3.49. The van der Waals surface area contributed by atoms with E-state index in [0.717, 1.165) is 22.6 Å². The number of nitrogens with zero attached hydrogens (tertiary/aromatic N) is 1. The number of benzene rings is 2. The topological polar surface area (TPSA) is 55.8 Å². The van der Waals surface area contributed by atoms with Crippen molar-refractivity contribution in [3.05, 3.63) is 59.7 Å². The highest BCUT2D eigenvalue weighted by Crippen LogP contribution is 2.21. The number of esters is 1. The fourth-order valence-electron chi connectivity index (χ4n) is 2.80. The van der Waals surface area contributed by atoms with Crippen LogP contribution in [0.5, 0.6) is 5.75 Å². The summed E-state index contributed by atoms with van der Waals surface area (Å²) < 4.78 is 10.2. The van der Waals surface area contributed by atoms with E-state index >= 15 is 0 Å². The third-order valence-electron chi connectivity index (χ3n) is 4.26. The summed E-state index contributed by atoms with van der Waals surface area (Å²) in [7, 11) is 1.61. The molecule has 0 saturated heterocycles. The van der Waals surface area contributed by atoms with Crippen molar-refractivity contribution in [1.82, 2.24) is 4.90 Å². The zero-order valence-corrected chi connectivity index (χ0v) is 15.5. The Bertz CT molecular complexity index is 776. The first-order chi connectivity index (χ1) is 12.7. The Kier molecular flexibility index (Phi) is 6.17. The third kappa shape index (κ3) is 4.79. The Hall–Kier alpha value is -2.47. The normalized spacial score (nSPS) is 13.0. The number of hydrogen-bond donors (Lipinski definition) is 0. The van der Waals surface area contributed by atoms with Gasteiger partial charge in [0, 0.05) is 18.0 Å². The summed E-state index contributed by atoms with van der Waals surface area (Å²) in [6.07, 6.45) is 0.836. The fraction of sp³-hybridized carbons (Fsp3) is 0.300. The molecule has 0 N–H and O–H groups in total. The molecule has 0 aromatic heterocycles. The quantitative estimate of drug-likeness (QED) is 0.577. The van der Waals surface area contributed by atoms with Gasteiger partial charge in [0.1, 0.15) is 5.75 Å². The van der Waals surface area contributed by atoms with Crippen LogP contribution in [-0.4, -0.2) is 42.8 Å². The van der Waals surface area contributed by atoms with Gasteiger partial charge in [-0.3, -0.25) is 9.59 Å². The average Bonchev–Trinajstić information content (AvgIpc) is 2.70. The second-order valence-electron chi connectivity index (χ2n) is 5.96. The first kappa shape index (κ1) is 18.3. The molecule has 0 aliphatic carbocycles. The summed E-state index contributed by atoms with van der Waals surface area (Å²) in [5, 5.41) is 0. The number of fused-ring (bicyclic) bond motifs is 1. The van der Waals surface area contributed by atoms with Crippen molar-refractivity contribution >= 4 is 23.6 Å². The van der Waals surface area contributed by atoms with Gasteiger partial charge in [0.15, 0.2) is 6.61 Å². The van der Waals surface area contributed by atoms with E-state index in [0.29, 0.717) is 13.1 Å². The smallest absolute Gasteiger partial charge is 0.316 e. The van der Waals surface area contributed by atoms with Crippen LogP contribution in [-0.2, 0) is 27.3 Å². The van der Waals surface area contributed by atoms with E-state index in [2.05, 4.69) is 6.07 Å². The van der Waals surface area contributed by atoms with Crippen molar-refractivity contribution in [2.75, 3.05) is 26.0 Å². The Morgan fingerprint density at radius 1 is 1.08 bits per heavy atom. The number of carbonyl (C=O) groups is 2. The minimum Gasteiger partial charge on any atom is -0.497 e. The van der Waals surface area contributed by atoms with Crippen molar-refractivity contribution in [2.24, 2.45) is 0 Å². The van der Waals surface area contributed by atoms with Crippen molar-refractivity contribution in [2.45, 2.75) is 17.9 Å². The molecule has 2 aromatic rings. The number of ether oxygens (including phenoxy) is 2. The van der Waals surface area contributed by atoms with Gasteiger partial charge in [0.25, 0.3) is 5.91 Å². The van der Waals surface area contributed by atoms with E-state index in [9.17, 15) is 9.59 Å². The van der Waals surface area contributed by atoms with Gasteiger partial charge in [-0.15, -0.1) is 11.8 Å². The SMILES string of the molecule is COc1ccc(SCC(=O)OCC(=O)N2CCc3ccccc3C2)cc1. The zero-order valence-electron chi connectivity index (χ0n) is 14.6. The minimum atomic E-state index is -0.392. The number of rotatable bonds is 6. The highest BCUT2D eigenvalue weighted by Gasteiger charge is 2.21. The molecule has 26 heavy (non-hydrogen) atoms. The van der Waals surface area contributed by atoms with Gasteiger partial charge in [0.2, 0.25) is 0 Å². The van der Waals surface area contributed by atoms with E-state index in [-0.39, 0.29) is 18.3 Å². The lowest BCUT2D eigenvalue weighted by molar-refractivity contribution is -0.150. The predicted molar refractivity (Wildman–Crippen MR) is 100 cm³/mol. The number of thioether (sulfide) groups is 1. The van der Waals surface area contributed by atoms with Gasteiger partial charge in [-0.25, -0.2) is 0 Å². The molecule has 0 saturated carbocycles. The summed E-state index contributed by atoms with van der Waals surface area (Å²) >= 11 is 1.37. The second kappa shape index (κ2) is 8.76. The van der Waals surface area contributed by atoms with E-state index in [1.165, 1.54) is 17.3 Å². The van der Waals surface area contributed by atoms with E-state index < -0.39 is 5.97 Å². The molecule has 0 bridgehead atoms. The van der Waals surface area contributed by atoms with E-state index in [1.807, 2.05) is 42.5 Å². The Balaban J connectivity index is 1.42. The monoisotopic (exact) mass is 371 g/mol. The summed E-state index contributed by atoms with van der Waals surface area (Å²) in [6, 6.07) is 15.6. The number of methoxy groups -OCH3 is 1. The standard InChI is InChI=1S/C20H21NO4S/c1-24-17-6-8-18(9-7-17)26-14-20(23)25-13-19(22)21-11-10-15-4-2-3-5-16(15)12-21/h2-9H,10-14H2,1H3. The molecule has 0 spiro atoms. The minimum absolute atomic E-state index is 0.151. The predicted octanol–water partition coefficient (Wildman–Crippen LogP) is 2.92. The Morgan fingerprint density at radius 2 is 1.81 bits per heavy atom. The van der Waals surface area contributed by atoms with Gasteiger partial charge >= 0.3 is 5.97 Å². The molecule has 0 radical (unpaired) electrons. The zero-order chi connectivity index (χ0) is 18.4. The molecule has 1 aliphatic rings. The van der Waals surface area contributed by atoms with Crippen LogP contribution < -0.4 is 4.74 Å². The van der Waals surface area contributed by atoms with Crippen LogP contribution >= 0.6 is 11.8 Å². The number of hydrogen-bond acceptors (Lipinski definition) is 5. The molecule has 6 heteroatoms. The second-order valence-corrected chi connectivity index (χ2v) is 7.01. The summed E-state index contributed by atoms with van der Waals surface area (Å²) in [5.74, 6) is 0.395. The van der Waals surface area contributed by atoms with Gasteiger partial charge in [-0.05, 0) is 41.8 Å². The molecule has 1 aliphatic heterocycles. The van der Waals surface area contributed by atoms with Crippen LogP contribution in [0.15, 0.2) is 53.4 Å². The average molecular weight is 371 g/mol. The van der Waals surface area contributed by atoms with Gasteiger partial charge in [-0.1, -0.05) is 24.3 Å². The maximum absolute atomic E-state index is 12.3. The molecule has 1 amide bonds. The molecular weight excluding hydrogens is 350 g/mol. The van der Waals surface area contributed by atoms with E-state index in [1.54, 1.807) is 12.0 Å². The van der Waals surface area contributed by atoms with Crippen LogP contribution in [0.3, 0.4) is 0 Å². The Labute approximate surface area is 157 Å². The summed E-state index contributed by atoms with van der Waals surface area (Å²) in [6.45, 7) is 1.03. The van der Waals surface area contributed by atoms with Gasteiger partial charge in [0.05, 0.1) is 12.9 Å². The lowest BCUT2D eigenvalue weighted by Gasteiger charge is -2.28. The number of amides is 1. The lowest BCUT2D eigenvalue weighted by atomic mass is 10.00. The largest absolute Gasteiger partial charge is 0.497 e. The summed E-state index contributed by atoms with van der Waals surface area (Å²) in [4.78, 5) is 26.9.